The minimum absolute atomic E-state index is 0.121. The maximum atomic E-state index is 13.3. The summed E-state index contributed by atoms with van der Waals surface area (Å²) in [5, 5.41) is 2.98. The van der Waals surface area contributed by atoms with E-state index in [-0.39, 0.29) is 23.5 Å². The van der Waals surface area contributed by atoms with Gasteiger partial charge in [0.15, 0.2) is 0 Å². The molecule has 0 aromatic heterocycles. The van der Waals surface area contributed by atoms with Gasteiger partial charge in [0.1, 0.15) is 5.82 Å². The van der Waals surface area contributed by atoms with Gasteiger partial charge in [0, 0.05) is 30.3 Å². The maximum absolute atomic E-state index is 13.3. The lowest BCUT2D eigenvalue weighted by molar-refractivity contribution is -0.124. The minimum atomic E-state index is -0.338. The third-order valence-corrected chi connectivity index (χ3v) is 4.99. The van der Waals surface area contributed by atoms with Crippen molar-refractivity contribution in [1.29, 1.82) is 0 Å². The van der Waals surface area contributed by atoms with Crippen molar-refractivity contribution < 1.29 is 14.0 Å². The van der Waals surface area contributed by atoms with Crippen molar-refractivity contribution in [2.75, 3.05) is 18.0 Å². The Kier molecular flexibility index (Phi) is 6.58. The number of carbonyl (C=O) groups excluding carboxylic acids is 2. The number of nitrogens with one attached hydrogen (secondary N) is 1. The molecule has 0 aliphatic heterocycles. The van der Waals surface area contributed by atoms with Crippen LogP contribution in [-0.4, -0.2) is 24.9 Å². The normalized spacial score (nSPS) is 14.1. The van der Waals surface area contributed by atoms with E-state index in [9.17, 15) is 14.0 Å². The Morgan fingerprint density at radius 3 is 2.33 bits per heavy atom. The number of hydrogen-bond donors (Lipinski definition) is 1. The molecule has 27 heavy (non-hydrogen) atoms. The van der Waals surface area contributed by atoms with Gasteiger partial charge in [0.05, 0.1) is 0 Å². The van der Waals surface area contributed by atoms with Gasteiger partial charge in [0.2, 0.25) is 5.91 Å². The Balaban J connectivity index is 1.62. The van der Waals surface area contributed by atoms with Crippen molar-refractivity contribution in [1.82, 2.24) is 5.32 Å². The first-order chi connectivity index (χ1) is 13.1. The zero-order valence-electron chi connectivity index (χ0n) is 15.4. The molecule has 3 rings (SSSR count). The first kappa shape index (κ1) is 19.1. The zero-order valence-corrected chi connectivity index (χ0v) is 15.4. The summed E-state index contributed by atoms with van der Waals surface area (Å²) in [6.45, 7) is 0.972. The summed E-state index contributed by atoms with van der Waals surface area (Å²) >= 11 is 0. The van der Waals surface area contributed by atoms with Crippen LogP contribution in [0.2, 0.25) is 0 Å². The summed E-state index contributed by atoms with van der Waals surface area (Å²) < 4.78 is 13.3. The molecule has 4 nitrogen and oxygen atoms in total. The number of nitrogens with zero attached hydrogens (tertiary/aromatic N) is 1. The summed E-state index contributed by atoms with van der Waals surface area (Å²) in [6, 6.07) is 14.9. The molecule has 5 heteroatoms. The number of anilines is 1. The van der Waals surface area contributed by atoms with E-state index in [0.29, 0.717) is 30.8 Å². The van der Waals surface area contributed by atoms with Crippen LogP contribution in [0, 0.1) is 11.7 Å². The summed E-state index contributed by atoms with van der Waals surface area (Å²) in [5.41, 5.74) is 1.23. The van der Waals surface area contributed by atoms with Crippen molar-refractivity contribution in [2.45, 2.75) is 32.1 Å². The molecule has 0 atom stereocenters. The number of carbonyl (C=O) groups is 2. The van der Waals surface area contributed by atoms with Gasteiger partial charge >= 0.3 is 0 Å². The molecule has 0 saturated heterocycles. The van der Waals surface area contributed by atoms with Crippen LogP contribution in [-0.2, 0) is 4.79 Å². The largest absolute Gasteiger partial charge is 0.356 e. The van der Waals surface area contributed by atoms with Crippen molar-refractivity contribution >= 4 is 17.5 Å². The molecular weight excluding hydrogens is 343 g/mol. The van der Waals surface area contributed by atoms with Crippen molar-refractivity contribution in [2.24, 2.45) is 5.92 Å². The Labute approximate surface area is 159 Å². The van der Waals surface area contributed by atoms with E-state index in [1.165, 1.54) is 12.1 Å². The number of benzene rings is 2. The van der Waals surface area contributed by atoms with E-state index in [1.54, 1.807) is 29.2 Å². The lowest BCUT2D eigenvalue weighted by Crippen LogP contribution is -2.35. The molecule has 1 N–H and O–H groups in total. The predicted molar refractivity (Wildman–Crippen MR) is 104 cm³/mol. The number of amides is 2. The molecule has 0 bridgehead atoms. The fourth-order valence-corrected chi connectivity index (χ4v) is 3.49. The highest BCUT2D eigenvalue weighted by Crippen LogP contribution is 2.24. The molecule has 142 valence electrons. The highest BCUT2D eigenvalue weighted by molar-refractivity contribution is 6.06. The number of rotatable bonds is 7. The standard InChI is InChI=1S/C22H25FN2O2/c23-19-11-13-20(14-12-19)25(22(27)18-9-2-1-3-10-18)16-6-15-24-21(26)17-7-4-5-8-17/h1-3,9-14,17H,4-8,15-16H2,(H,24,26). The average Bonchev–Trinajstić information content (AvgIpc) is 3.24. The number of hydrogen-bond acceptors (Lipinski definition) is 2. The van der Waals surface area contributed by atoms with E-state index in [0.717, 1.165) is 25.7 Å². The van der Waals surface area contributed by atoms with Gasteiger partial charge in [0.25, 0.3) is 5.91 Å². The van der Waals surface area contributed by atoms with Crippen LogP contribution in [0.4, 0.5) is 10.1 Å². The summed E-state index contributed by atoms with van der Waals surface area (Å²) in [6.07, 6.45) is 4.83. The Morgan fingerprint density at radius 2 is 1.67 bits per heavy atom. The smallest absolute Gasteiger partial charge is 0.258 e. The van der Waals surface area contributed by atoms with Gasteiger partial charge in [-0.2, -0.15) is 0 Å². The minimum Gasteiger partial charge on any atom is -0.356 e. The second-order valence-corrected chi connectivity index (χ2v) is 6.93. The van der Waals surface area contributed by atoms with Crippen molar-refractivity contribution in [3.05, 3.63) is 66.0 Å². The van der Waals surface area contributed by atoms with Crippen LogP contribution in [0.25, 0.3) is 0 Å². The van der Waals surface area contributed by atoms with Gasteiger partial charge < -0.3 is 10.2 Å². The molecular formula is C22H25FN2O2. The summed E-state index contributed by atoms with van der Waals surface area (Å²) in [4.78, 5) is 26.7. The third-order valence-electron chi connectivity index (χ3n) is 4.99. The second-order valence-electron chi connectivity index (χ2n) is 6.93. The molecule has 2 aromatic carbocycles. The maximum Gasteiger partial charge on any atom is 0.258 e. The Hall–Kier alpha value is -2.69. The van der Waals surface area contributed by atoms with Crippen LogP contribution >= 0.6 is 0 Å². The summed E-state index contributed by atoms with van der Waals surface area (Å²) in [7, 11) is 0. The highest BCUT2D eigenvalue weighted by Gasteiger charge is 2.22. The van der Waals surface area contributed by atoms with Crippen molar-refractivity contribution in [3.63, 3.8) is 0 Å². The third kappa shape index (κ3) is 5.16. The van der Waals surface area contributed by atoms with E-state index in [2.05, 4.69) is 5.32 Å². The zero-order chi connectivity index (χ0) is 19.1. The molecule has 1 aliphatic rings. The Bertz CT molecular complexity index is 756. The number of halogens is 1. The lowest BCUT2D eigenvalue weighted by Gasteiger charge is -2.23. The molecule has 1 saturated carbocycles. The lowest BCUT2D eigenvalue weighted by atomic mass is 10.1. The molecule has 2 aromatic rings. The fraction of sp³-hybridized carbons (Fsp3) is 0.364. The van der Waals surface area contributed by atoms with E-state index < -0.39 is 0 Å². The second kappa shape index (κ2) is 9.31. The predicted octanol–water partition coefficient (Wildman–Crippen LogP) is 4.17. The van der Waals surface area contributed by atoms with Crippen LogP contribution in [0.5, 0.6) is 0 Å². The van der Waals surface area contributed by atoms with Crippen LogP contribution in [0.3, 0.4) is 0 Å². The Morgan fingerprint density at radius 1 is 1.00 bits per heavy atom. The van der Waals surface area contributed by atoms with E-state index in [4.69, 9.17) is 0 Å². The first-order valence-electron chi connectivity index (χ1n) is 9.55. The quantitative estimate of drug-likeness (QED) is 0.746. The summed E-state index contributed by atoms with van der Waals surface area (Å²) in [5.74, 6) is -0.210. The van der Waals surface area contributed by atoms with Gasteiger partial charge in [-0.25, -0.2) is 4.39 Å². The van der Waals surface area contributed by atoms with Crippen LogP contribution in [0.15, 0.2) is 54.6 Å². The van der Waals surface area contributed by atoms with Gasteiger partial charge in [-0.1, -0.05) is 31.0 Å². The van der Waals surface area contributed by atoms with E-state index in [1.807, 2.05) is 18.2 Å². The topological polar surface area (TPSA) is 49.4 Å². The van der Waals surface area contributed by atoms with Crippen LogP contribution < -0.4 is 10.2 Å². The van der Waals surface area contributed by atoms with Crippen molar-refractivity contribution in [3.8, 4) is 0 Å². The molecule has 0 spiro atoms. The molecule has 1 fully saturated rings. The molecule has 1 aliphatic carbocycles. The van der Waals surface area contributed by atoms with Gasteiger partial charge in [-0.05, 0) is 55.7 Å². The van der Waals surface area contributed by atoms with E-state index >= 15 is 0 Å². The van der Waals surface area contributed by atoms with Gasteiger partial charge in [-0.15, -0.1) is 0 Å². The highest BCUT2D eigenvalue weighted by atomic mass is 19.1. The first-order valence-corrected chi connectivity index (χ1v) is 9.55. The SMILES string of the molecule is O=C(NCCCN(C(=O)c1ccccc1)c1ccc(F)cc1)C1CCCC1. The monoisotopic (exact) mass is 368 g/mol. The average molecular weight is 368 g/mol. The molecule has 0 heterocycles. The fourth-order valence-electron chi connectivity index (χ4n) is 3.49. The molecule has 2 amide bonds. The van der Waals surface area contributed by atoms with Gasteiger partial charge in [-0.3, -0.25) is 9.59 Å². The molecule has 0 unspecified atom stereocenters. The van der Waals surface area contributed by atoms with Crippen LogP contribution in [0.1, 0.15) is 42.5 Å². The molecule has 0 radical (unpaired) electrons.